The van der Waals surface area contributed by atoms with Crippen LogP contribution in [0, 0.1) is 0 Å². The third-order valence-corrected chi connectivity index (χ3v) is 3.12. The third kappa shape index (κ3) is 3.84. The lowest BCUT2D eigenvalue weighted by Crippen LogP contribution is -2.34. The van der Waals surface area contributed by atoms with Crippen molar-refractivity contribution in [1.29, 1.82) is 0 Å². The van der Waals surface area contributed by atoms with Crippen LogP contribution >= 0.6 is 0 Å². The highest BCUT2D eigenvalue weighted by molar-refractivity contribution is 6.59. The van der Waals surface area contributed by atoms with Crippen molar-refractivity contribution in [2.24, 2.45) is 0 Å². The van der Waals surface area contributed by atoms with Crippen LogP contribution in [-0.4, -0.2) is 24.3 Å². The molecule has 5 heteroatoms. The van der Waals surface area contributed by atoms with Crippen LogP contribution in [0.1, 0.15) is 11.1 Å². The number of nitrogens with one attached hydrogen (secondary N) is 1. The molecule has 0 bridgehead atoms. The summed E-state index contributed by atoms with van der Waals surface area (Å²) in [6, 6.07) is 15.2. The van der Waals surface area contributed by atoms with Crippen molar-refractivity contribution in [2.75, 3.05) is 7.11 Å². The number of ether oxygens (including phenoxy) is 1. The molecule has 104 valence electrons. The molecular formula is C15H18BNO3. The predicted molar refractivity (Wildman–Crippen MR) is 79.8 cm³/mol. The van der Waals surface area contributed by atoms with Gasteiger partial charge in [0.05, 0.1) is 7.11 Å². The van der Waals surface area contributed by atoms with E-state index in [0.717, 1.165) is 12.1 Å². The molecule has 0 radical (unpaired) electrons. The van der Waals surface area contributed by atoms with Crippen molar-refractivity contribution in [1.82, 2.24) is 5.32 Å². The number of hydrogen-bond acceptors (Lipinski definition) is 4. The minimum atomic E-state index is -1.48. The van der Waals surface area contributed by atoms with Gasteiger partial charge in [-0.15, -0.1) is 0 Å². The van der Waals surface area contributed by atoms with E-state index in [2.05, 4.69) is 5.32 Å². The van der Waals surface area contributed by atoms with Gasteiger partial charge in [-0.05, 0) is 28.7 Å². The summed E-state index contributed by atoms with van der Waals surface area (Å²) in [5, 5.41) is 22.0. The number of benzene rings is 2. The Balaban J connectivity index is 2.04. The molecule has 0 saturated carbocycles. The fraction of sp³-hybridized carbons (Fsp3) is 0.200. The maximum absolute atomic E-state index is 9.37. The molecule has 2 rings (SSSR count). The Morgan fingerprint density at radius 2 is 1.80 bits per heavy atom. The molecule has 0 aliphatic carbocycles. The summed E-state index contributed by atoms with van der Waals surface area (Å²) in [6.07, 6.45) is 0. The highest BCUT2D eigenvalue weighted by Crippen LogP contribution is 2.11. The molecular weight excluding hydrogens is 253 g/mol. The van der Waals surface area contributed by atoms with E-state index in [1.165, 1.54) is 5.56 Å². The number of rotatable bonds is 6. The first-order valence-electron chi connectivity index (χ1n) is 6.48. The number of hydrogen-bond donors (Lipinski definition) is 3. The molecule has 0 amide bonds. The quantitative estimate of drug-likeness (QED) is 0.676. The van der Waals surface area contributed by atoms with E-state index >= 15 is 0 Å². The van der Waals surface area contributed by atoms with Crippen LogP contribution in [-0.2, 0) is 13.1 Å². The van der Waals surface area contributed by atoms with Gasteiger partial charge in [-0.1, -0.05) is 36.4 Å². The highest BCUT2D eigenvalue weighted by atomic mass is 16.5. The first-order valence-corrected chi connectivity index (χ1v) is 6.48. The van der Waals surface area contributed by atoms with Crippen LogP contribution in [0.15, 0.2) is 48.5 Å². The van der Waals surface area contributed by atoms with Gasteiger partial charge in [-0.2, -0.15) is 0 Å². The normalized spacial score (nSPS) is 10.3. The Morgan fingerprint density at radius 3 is 2.45 bits per heavy atom. The van der Waals surface area contributed by atoms with Gasteiger partial charge in [-0.25, -0.2) is 0 Å². The molecule has 4 nitrogen and oxygen atoms in total. The van der Waals surface area contributed by atoms with Crippen LogP contribution in [0.25, 0.3) is 0 Å². The van der Waals surface area contributed by atoms with Crippen LogP contribution in [0.4, 0.5) is 0 Å². The first kappa shape index (κ1) is 14.6. The largest absolute Gasteiger partial charge is 0.497 e. The van der Waals surface area contributed by atoms with Crippen molar-refractivity contribution >= 4 is 12.6 Å². The van der Waals surface area contributed by atoms with Gasteiger partial charge in [0.1, 0.15) is 5.75 Å². The molecule has 0 aliphatic rings. The van der Waals surface area contributed by atoms with Gasteiger partial charge in [0.2, 0.25) is 0 Å². The molecule has 0 fully saturated rings. The lowest BCUT2D eigenvalue weighted by atomic mass is 9.77. The minimum Gasteiger partial charge on any atom is -0.497 e. The summed E-state index contributed by atoms with van der Waals surface area (Å²) in [6.45, 7) is 1.26. The van der Waals surface area contributed by atoms with Crippen LogP contribution in [0.3, 0.4) is 0 Å². The van der Waals surface area contributed by atoms with Crippen molar-refractivity contribution in [3.05, 3.63) is 59.7 Å². The van der Waals surface area contributed by atoms with Gasteiger partial charge in [0.25, 0.3) is 0 Å². The molecule has 0 atom stereocenters. The summed E-state index contributed by atoms with van der Waals surface area (Å²) < 4.78 is 5.16. The Labute approximate surface area is 119 Å². The second-order valence-corrected chi connectivity index (χ2v) is 4.53. The average Bonchev–Trinajstić information content (AvgIpc) is 2.48. The van der Waals surface area contributed by atoms with E-state index < -0.39 is 7.12 Å². The van der Waals surface area contributed by atoms with Crippen molar-refractivity contribution < 1.29 is 14.8 Å². The highest BCUT2D eigenvalue weighted by Gasteiger charge is 2.16. The summed E-state index contributed by atoms with van der Waals surface area (Å²) >= 11 is 0. The zero-order chi connectivity index (χ0) is 14.4. The summed E-state index contributed by atoms with van der Waals surface area (Å²) in [4.78, 5) is 0. The summed E-state index contributed by atoms with van der Waals surface area (Å²) in [5.74, 6) is 0.700. The van der Waals surface area contributed by atoms with Crippen molar-refractivity contribution in [2.45, 2.75) is 13.1 Å². The fourth-order valence-electron chi connectivity index (χ4n) is 2.05. The van der Waals surface area contributed by atoms with Gasteiger partial charge in [0.15, 0.2) is 0 Å². The molecule has 3 N–H and O–H groups in total. The van der Waals surface area contributed by atoms with E-state index in [4.69, 9.17) is 4.74 Å². The fourth-order valence-corrected chi connectivity index (χ4v) is 2.05. The summed E-state index contributed by atoms with van der Waals surface area (Å²) in [7, 11) is 0.111. The standard InChI is InChI=1S/C15H18BNO3/c1-20-14-7-8-15(16(18)19)13(9-14)11-17-10-12-5-3-2-4-6-12/h2-9,17-19H,10-11H2,1H3. The van der Waals surface area contributed by atoms with Gasteiger partial charge >= 0.3 is 7.12 Å². The zero-order valence-corrected chi connectivity index (χ0v) is 11.4. The lowest BCUT2D eigenvalue weighted by molar-refractivity contribution is 0.413. The van der Waals surface area contributed by atoms with Crippen LogP contribution in [0.2, 0.25) is 0 Å². The van der Waals surface area contributed by atoms with Gasteiger partial charge in [0, 0.05) is 13.1 Å². The van der Waals surface area contributed by atoms with Crippen molar-refractivity contribution in [3.63, 3.8) is 0 Å². The van der Waals surface area contributed by atoms with E-state index in [0.29, 0.717) is 17.8 Å². The number of methoxy groups -OCH3 is 1. The smallest absolute Gasteiger partial charge is 0.488 e. The molecule has 2 aromatic carbocycles. The lowest BCUT2D eigenvalue weighted by Gasteiger charge is -2.12. The Morgan fingerprint density at radius 1 is 1.05 bits per heavy atom. The molecule has 0 aliphatic heterocycles. The van der Waals surface area contributed by atoms with Crippen LogP contribution < -0.4 is 15.5 Å². The minimum absolute atomic E-state index is 0.492. The van der Waals surface area contributed by atoms with Crippen LogP contribution in [0.5, 0.6) is 5.75 Å². The monoisotopic (exact) mass is 271 g/mol. The molecule has 2 aromatic rings. The SMILES string of the molecule is COc1ccc(B(O)O)c(CNCc2ccccc2)c1. The third-order valence-electron chi connectivity index (χ3n) is 3.12. The van der Waals surface area contributed by atoms with Gasteiger partial charge in [-0.3, -0.25) is 0 Å². The second kappa shape index (κ2) is 7.10. The maximum Gasteiger partial charge on any atom is 0.488 e. The second-order valence-electron chi connectivity index (χ2n) is 4.53. The molecule has 20 heavy (non-hydrogen) atoms. The molecule has 0 unspecified atom stereocenters. The Kier molecular flexibility index (Phi) is 5.18. The average molecular weight is 271 g/mol. The van der Waals surface area contributed by atoms with E-state index in [1.807, 2.05) is 36.4 Å². The van der Waals surface area contributed by atoms with Gasteiger partial charge < -0.3 is 20.1 Å². The maximum atomic E-state index is 9.37. The topological polar surface area (TPSA) is 61.7 Å². The molecule has 0 spiro atoms. The van der Waals surface area contributed by atoms with E-state index in [-0.39, 0.29) is 0 Å². The predicted octanol–water partition coefficient (Wildman–Crippen LogP) is 0.665. The molecule has 0 heterocycles. The van der Waals surface area contributed by atoms with E-state index in [9.17, 15) is 10.0 Å². The summed E-state index contributed by atoms with van der Waals surface area (Å²) in [5.41, 5.74) is 2.49. The Hall–Kier alpha value is -1.82. The Bertz CT molecular complexity index is 546. The first-order chi connectivity index (χ1) is 9.70. The molecule has 0 aromatic heterocycles. The molecule has 0 saturated heterocycles. The zero-order valence-electron chi connectivity index (χ0n) is 11.4. The van der Waals surface area contributed by atoms with Crippen molar-refractivity contribution in [3.8, 4) is 5.75 Å². The van der Waals surface area contributed by atoms with E-state index in [1.54, 1.807) is 19.2 Å².